The number of phenols is 1. The first kappa shape index (κ1) is 14.8. The molecular formula is C15H14BrF2NO. The van der Waals surface area contributed by atoms with Crippen LogP contribution >= 0.6 is 15.9 Å². The fourth-order valence-corrected chi connectivity index (χ4v) is 2.39. The smallest absolute Gasteiger partial charge is 0.181 e. The highest BCUT2D eigenvalue weighted by atomic mass is 79.9. The van der Waals surface area contributed by atoms with Gasteiger partial charge in [-0.05, 0) is 36.8 Å². The summed E-state index contributed by atoms with van der Waals surface area (Å²) in [6.07, 6.45) is 0.611. The number of anilines is 1. The van der Waals surface area contributed by atoms with E-state index in [1.807, 2.05) is 6.92 Å². The Labute approximate surface area is 124 Å². The molecule has 0 radical (unpaired) electrons. The molecule has 0 aromatic heterocycles. The van der Waals surface area contributed by atoms with E-state index in [0.717, 1.165) is 10.5 Å². The zero-order valence-corrected chi connectivity index (χ0v) is 12.4. The second-order valence-electron chi connectivity index (χ2n) is 4.41. The molecule has 5 heteroatoms. The minimum absolute atomic E-state index is 0.0798. The number of halogens is 3. The van der Waals surface area contributed by atoms with E-state index in [-0.39, 0.29) is 17.5 Å². The highest BCUT2D eigenvalue weighted by molar-refractivity contribution is 9.10. The molecule has 20 heavy (non-hydrogen) atoms. The molecule has 0 aliphatic heterocycles. The van der Waals surface area contributed by atoms with Crippen molar-refractivity contribution in [2.75, 3.05) is 5.32 Å². The van der Waals surface area contributed by atoms with Gasteiger partial charge in [-0.1, -0.05) is 28.9 Å². The molecular weight excluding hydrogens is 328 g/mol. The van der Waals surface area contributed by atoms with Crippen LogP contribution in [0.5, 0.6) is 5.75 Å². The first-order valence-corrected chi connectivity index (χ1v) is 7.01. The lowest BCUT2D eigenvalue weighted by molar-refractivity contribution is 0.462. The summed E-state index contributed by atoms with van der Waals surface area (Å²) in [6.45, 7) is 1.90. The molecule has 0 fully saturated rings. The zero-order chi connectivity index (χ0) is 14.7. The van der Waals surface area contributed by atoms with Crippen molar-refractivity contribution in [2.24, 2.45) is 0 Å². The molecule has 2 aromatic rings. The molecule has 0 spiro atoms. The van der Waals surface area contributed by atoms with E-state index in [1.165, 1.54) is 12.1 Å². The van der Waals surface area contributed by atoms with E-state index in [1.54, 1.807) is 18.2 Å². The first-order chi connectivity index (χ1) is 9.52. The number of benzene rings is 2. The van der Waals surface area contributed by atoms with Gasteiger partial charge in [0.2, 0.25) is 0 Å². The topological polar surface area (TPSA) is 32.3 Å². The van der Waals surface area contributed by atoms with Gasteiger partial charge in [-0.25, -0.2) is 8.78 Å². The summed E-state index contributed by atoms with van der Waals surface area (Å²) >= 11 is 3.33. The lowest BCUT2D eigenvalue weighted by Gasteiger charge is -2.20. The van der Waals surface area contributed by atoms with Gasteiger partial charge in [0.1, 0.15) is 5.75 Å². The van der Waals surface area contributed by atoms with Crippen molar-refractivity contribution in [1.29, 1.82) is 0 Å². The van der Waals surface area contributed by atoms with Crippen LogP contribution in [0.2, 0.25) is 0 Å². The Balaban J connectivity index is 2.34. The Morgan fingerprint density at radius 2 is 2.00 bits per heavy atom. The number of nitrogens with one attached hydrogen (secondary N) is 1. The van der Waals surface area contributed by atoms with E-state index >= 15 is 0 Å². The molecule has 0 amide bonds. The maximum absolute atomic E-state index is 13.7. The standard InChI is InChI=1S/C15H14BrF2NO/c1-2-12(10-8-9(16)6-7-14(10)20)19-13-5-3-4-11(17)15(13)18/h3-8,12,19-20H,2H2,1H3. The van der Waals surface area contributed by atoms with Crippen LogP contribution in [0.3, 0.4) is 0 Å². The van der Waals surface area contributed by atoms with Crippen molar-refractivity contribution in [3.63, 3.8) is 0 Å². The Bertz CT molecular complexity index is 619. The van der Waals surface area contributed by atoms with Gasteiger partial charge in [-0.3, -0.25) is 0 Å². The van der Waals surface area contributed by atoms with Crippen LogP contribution in [-0.4, -0.2) is 5.11 Å². The largest absolute Gasteiger partial charge is 0.508 e. The number of rotatable bonds is 4. The monoisotopic (exact) mass is 341 g/mol. The van der Waals surface area contributed by atoms with E-state index < -0.39 is 11.6 Å². The summed E-state index contributed by atoms with van der Waals surface area (Å²) < 4.78 is 27.7. The summed E-state index contributed by atoms with van der Waals surface area (Å²) in [5, 5.41) is 12.8. The number of aromatic hydroxyl groups is 1. The van der Waals surface area contributed by atoms with Gasteiger partial charge in [0.05, 0.1) is 11.7 Å². The summed E-state index contributed by atoms with van der Waals surface area (Å²) in [7, 11) is 0. The summed E-state index contributed by atoms with van der Waals surface area (Å²) in [6, 6.07) is 8.69. The molecule has 2 nitrogen and oxygen atoms in total. The lowest BCUT2D eigenvalue weighted by Crippen LogP contribution is -2.11. The van der Waals surface area contributed by atoms with Crippen molar-refractivity contribution in [3.8, 4) is 5.75 Å². The summed E-state index contributed by atoms with van der Waals surface area (Å²) in [5.74, 6) is -1.70. The van der Waals surface area contributed by atoms with Crippen LogP contribution in [0.25, 0.3) is 0 Å². The Hall–Kier alpha value is -1.62. The van der Waals surface area contributed by atoms with E-state index in [9.17, 15) is 13.9 Å². The SMILES string of the molecule is CCC(Nc1cccc(F)c1F)c1cc(Br)ccc1O. The molecule has 2 aromatic carbocycles. The van der Waals surface area contributed by atoms with Crippen LogP contribution in [0.15, 0.2) is 40.9 Å². The maximum atomic E-state index is 13.7. The van der Waals surface area contributed by atoms with Gasteiger partial charge in [-0.15, -0.1) is 0 Å². The third-order valence-electron chi connectivity index (χ3n) is 3.05. The molecule has 0 aliphatic carbocycles. The van der Waals surface area contributed by atoms with Gasteiger partial charge >= 0.3 is 0 Å². The summed E-state index contributed by atoms with van der Waals surface area (Å²) in [4.78, 5) is 0. The lowest BCUT2D eigenvalue weighted by atomic mass is 10.0. The van der Waals surface area contributed by atoms with Gasteiger partial charge in [0.25, 0.3) is 0 Å². The molecule has 1 atom stereocenters. The van der Waals surface area contributed by atoms with E-state index in [2.05, 4.69) is 21.2 Å². The minimum Gasteiger partial charge on any atom is -0.508 e. The molecule has 2 N–H and O–H groups in total. The molecule has 0 bridgehead atoms. The van der Waals surface area contributed by atoms with Crippen molar-refractivity contribution in [1.82, 2.24) is 0 Å². The van der Waals surface area contributed by atoms with Crippen molar-refractivity contribution >= 4 is 21.6 Å². The Morgan fingerprint density at radius 1 is 1.25 bits per heavy atom. The minimum atomic E-state index is -0.916. The number of hydrogen-bond donors (Lipinski definition) is 2. The van der Waals surface area contributed by atoms with E-state index in [0.29, 0.717) is 12.0 Å². The van der Waals surface area contributed by atoms with Crippen molar-refractivity contribution < 1.29 is 13.9 Å². The van der Waals surface area contributed by atoms with Gasteiger partial charge in [-0.2, -0.15) is 0 Å². The number of phenolic OH excluding ortho intramolecular Hbond substituents is 1. The van der Waals surface area contributed by atoms with Gasteiger partial charge in [0, 0.05) is 10.0 Å². The average Bonchev–Trinajstić information content (AvgIpc) is 2.43. The average molecular weight is 342 g/mol. The van der Waals surface area contributed by atoms with E-state index in [4.69, 9.17) is 0 Å². The second kappa shape index (κ2) is 6.22. The van der Waals surface area contributed by atoms with Crippen LogP contribution in [0.1, 0.15) is 24.9 Å². The predicted octanol–water partition coefficient (Wildman–Crippen LogP) is 5.00. The summed E-state index contributed by atoms with van der Waals surface area (Å²) in [5.41, 5.74) is 0.710. The highest BCUT2D eigenvalue weighted by Crippen LogP contribution is 2.32. The van der Waals surface area contributed by atoms with Crippen LogP contribution in [0, 0.1) is 11.6 Å². The second-order valence-corrected chi connectivity index (χ2v) is 5.33. The van der Waals surface area contributed by atoms with Crippen molar-refractivity contribution in [2.45, 2.75) is 19.4 Å². The first-order valence-electron chi connectivity index (χ1n) is 6.22. The Morgan fingerprint density at radius 3 is 2.70 bits per heavy atom. The molecule has 1 unspecified atom stereocenters. The fraction of sp³-hybridized carbons (Fsp3) is 0.200. The quantitative estimate of drug-likeness (QED) is 0.820. The third kappa shape index (κ3) is 3.10. The highest BCUT2D eigenvalue weighted by Gasteiger charge is 2.16. The van der Waals surface area contributed by atoms with Gasteiger partial charge in [0.15, 0.2) is 11.6 Å². The zero-order valence-electron chi connectivity index (χ0n) is 10.8. The molecule has 0 aliphatic rings. The van der Waals surface area contributed by atoms with Crippen LogP contribution in [0.4, 0.5) is 14.5 Å². The molecule has 2 rings (SSSR count). The van der Waals surface area contributed by atoms with Gasteiger partial charge < -0.3 is 10.4 Å². The normalized spacial score (nSPS) is 12.2. The van der Waals surface area contributed by atoms with Crippen LogP contribution in [-0.2, 0) is 0 Å². The predicted molar refractivity (Wildman–Crippen MR) is 78.8 cm³/mol. The molecule has 0 saturated heterocycles. The molecule has 106 valence electrons. The maximum Gasteiger partial charge on any atom is 0.181 e. The molecule has 0 saturated carbocycles. The fourth-order valence-electron chi connectivity index (χ4n) is 2.01. The Kier molecular flexibility index (Phi) is 4.60. The van der Waals surface area contributed by atoms with Crippen molar-refractivity contribution in [3.05, 3.63) is 58.1 Å². The van der Waals surface area contributed by atoms with Crippen LogP contribution < -0.4 is 5.32 Å². The number of hydrogen-bond acceptors (Lipinski definition) is 2. The molecule has 0 heterocycles. The third-order valence-corrected chi connectivity index (χ3v) is 3.55.